The van der Waals surface area contributed by atoms with Crippen LogP contribution in [-0.4, -0.2) is 11.1 Å². The smallest absolute Gasteiger partial charge is 0.335 e. The van der Waals surface area contributed by atoms with Gasteiger partial charge in [0.25, 0.3) is 0 Å². The Labute approximate surface area is 69.6 Å². The first-order valence-corrected chi connectivity index (χ1v) is 3.46. The number of rotatable bonds is 2. The van der Waals surface area contributed by atoms with E-state index in [9.17, 15) is 9.18 Å². The first-order valence-electron chi connectivity index (χ1n) is 3.46. The summed E-state index contributed by atoms with van der Waals surface area (Å²) >= 11 is 0. The van der Waals surface area contributed by atoms with E-state index in [1.807, 2.05) is 0 Å². The molecule has 0 aromatic heterocycles. The molecule has 0 fully saturated rings. The fourth-order valence-electron chi connectivity index (χ4n) is 0.883. The molecular formula is C9H8FO2. The molecule has 1 aromatic rings. The molecule has 1 aromatic carbocycles. The van der Waals surface area contributed by atoms with Crippen LogP contribution in [0.1, 0.15) is 15.9 Å². The maximum atomic E-state index is 12.9. The summed E-state index contributed by atoms with van der Waals surface area (Å²) in [5.74, 6) is -1.63. The van der Waals surface area contributed by atoms with Gasteiger partial charge >= 0.3 is 5.97 Å². The van der Waals surface area contributed by atoms with E-state index >= 15 is 0 Å². The van der Waals surface area contributed by atoms with Crippen LogP contribution >= 0.6 is 0 Å². The van der Waals surface area contributed by atoms with Crippen LogP contribution in [0.25, 0.3) is 0 Å². The number of hydrogen-bond acceptors (Lipinski definition) is 1. The molecule has 63 valence electrons. The average molecular weight is 167 g/mol. The molecule has 0 saturated carbocycles. The third-order valence-corrected chi connectivity index (χ3v) is 1.57. The number of carbonyl (C=O) groups is 1. The van der Waals surface area contributed by atoms with Gasteiger partial charge in [-0.25, -0.2) is 9.18 Å². The summed E-state index contributed by atoms with van der Waals surface area (Å²) in [6.07, 6.45) is 0.325. The van der Waals surface area contributed by atoms with E-state index in [0.29, 0.717) is 12.0 Å². The largest absolute Gasteiger partial charge is 0.478 e. The predicted octanol–water partition coefficient (Wildman–Crippen LogP) is 1.90. The molecule has 0 aliphatic carbocycles. The second-order valence-electron chi connectivity index (χ2n) is 2.36. The van der Waals surface area contributed by atoms with Gasteiger partial charge in [-0.2, -0.15) is 0 Å². The van der Waals surface area contributed by atoms with Crippen LogP contribution in [0.15, 0.2) is 18.2 Å². The summed E-state index contributed by atoms with van der Waals surface area (Å²) < 4.78 is 12.9. The molecule has 1 N–H and O–H groups in total. The Morgan fingerprint density at radius 3 is 2.67 bits per heavy atom. The zero-order valence-electron chi connectivity index (χ0n) is 6.38. The molecule has 0 aliphatic rings. The number of hydrogen-bond donors (Lipinski definition) is 1. The van der Waals surface area contributed by atoms with Crippen molar-refractivity contribution in [2.75, 3.05) is 0 Å². The van der Waals surface area contributed by atoms with Crippen molar-refractivity contribution in [2.24, 2.45) is 0 Å². The number of aromatic carboxylic acids is 1. The Morgan fingerprint density at radius 2 is 2.25 bits per heavy atom. The monoisotopic (exact) mass is 167 g/mol. The van der Waals surface area contributed by atoms with Crippen molar-refractivity contribution in [3.8, 4) is 0 Å². The van der Waals surface area contributed by atoms with E-state index in [-0.39, 0.29) is 5.56 Å². The van der Waals surface area contributed by atoms with Gasteiger partial charge in [-0.1, -0.05) is 6.07 Å². The van der Waals surface area contributed by atoms with Crippen molar-refractivity contribution >= 4 is 5.97 Å². The molecule has 2 nitrogen and oxygen atoms in total. The van der Waals surface area contributed by atoms with Gasteiger partial charge in [0, 0.05) is 0 Å². The maximum Gasteiger partial charge on any atom is 0.335 e. The Kier molecular flexibility index (Phi) is 2.43. The van der Waals surface area contributed by atoms with E-state index in [1.54, 1.807) is 0 Å². The van der Waals surface area contributed by atoms with Gasteiger partial charge in [0.05, 0.1) is 5.56 Å². The fraction of sp³-hybridized carbons (Fsp3) is 0.111. The third-order valence-electron chi connectivity index (χ3n) is 1.57. The lowest BCUT2D eigenvalue weighted by Gasteiger charge is -1.99. The highest BCUT2D eigenvalue weighted by Gasteiger charge is 2.06. The number of carboxylic acid groups (broad SMARTS) is 1. The van der Waals surface area contributed by atoms with Crippen LogP contribution in [0.3, 0.4) is 0 Å². The minimum atomic E-state index is -1.12. The first kappa shape index (κ1) is 8.71. The highest BCUT2D eigenvalue weighted by Crippen LogP contribution is 2.10. The zero-order valence-corrected chi connectivity index (χ0v) is 6.38. The average Bonchev–Trinajstić information content (AvgIpc) is 2.04. The Morgan fingerprint density at radius 1 is 1.58 bits per heavy atom. The van der Waals surface area contributed by atoms with E-state index in [2.05, 4.69) is 6.92 Å². The summed E-state index contributed by atoms with van der Waals surface area (Å²) in [4.78, 5) is 10.4. The van der Waals surface area contributed by atoms with Crippen LogP contribution in [0, 0.1) is 12.7 Å². The highest BCUT2D eigenvalue weighted by atomic mass is 19.1. The summed E-state index contributed by atoms with van der Waals surface area (Å²) in [6.45, 7) is 3.50. The minimum Gasteiger partial charge on any atom is -0.478 e. The maximum absolute atomic E-state index is 12.9. The van der Waals surface area contributed by atoms with E-state index in [4.69, 9.17) is 5.11 Å². The lowest BCUT2D eigenvalue weighted by atomic mass is 10.1. The van der Waals surface area contributed by atoms with Crippen molar-refractivity contribution < 1.29 is 14.3 Å². The van der Waals surface area contributed by atoms with Crippen molar-refractivity contribution in [3.63, 3.8) is 0 Å². The second kappa shape index (κ2) is 3.34. The van der Waals surface area contributed by atoms with Crippen molar-refractivity contribution in [3.05, 3.63) is 42.1 Å². The number of halogens is 1. The lowest BCUT2D eigenvalue weighted by Crippen LogP contribution is -1.98. The Bertz CT molecular complexity index is 307. The van der Waals surface area contributed by atoms with Crippen molar-refractivity contribution in [1.29, 1.82) is 0 Å². The summed E-state index contributed by atoms with van der Waals surface area (Å²) in [6, 6.07) is 3.81. The molecule has 3 heteroatoms. The van der Waals surface area contributed by atoms with Gasteiger partial charge in [0.15, 0.2) is 0 Å². The van der Waals surface area contributed by atoms with Crippen LogP contribution in [-0.2, 0) is 6.42 Å². The molecule has 0 saturated heterocycles. The Hall–Kier alpha value is -1.38. The molecule has 0 amide bonds. The van der Waals surface area contributed by atoms with Crippen LogP contribution in [0.4, 0.5) is 4.39 Å². The topological polar surface area (TPSA) is 37.3 Å². The van der Waals surface area contributed by atoms with E-state index < -0.39 is 11.8 Å². The molecule has 1 rings (SSSR count). The van der Waals surface area contributed by atoms with Gasteiger partial charge in [0.1, 0.15) is 5.82 Å². The summed E-state index contributed by atoms with van der Waals surface area (Å²) in [7, 11) is 0. The predicted molar refractivity (Wildman–Crippen MR) is 42.4 cm³/mol. The third kappa shape index (κ3) is 1.61. The molecule has 0 spiro atoms. The quantitative estimate of drug-likeness (QED) is 0.730. The molecule has 0 heterocycles. The molecule has 0 bridgehead atoms. The van der Waals surface area contributed by atoms with Crippen LogP contribution in [0.5, 0.6) is 0 Å². The molecular weight excluding hydrogens is 159 g/mol. The molecule has 0 unspecified atom stereocenters. The highest BCUT2D eigenvalue weighted by molar-refractivity contribution is 5.87. The molecule has 0 atom stereocenters. The van der Waals surface area contributed by atoms with Gasteiger partial charge in [0.2, 0.25) is 0 Å². The number of benzene rings is 1. The van der Waals surface area contributed by atoms with Gasteiger partial charge in [-0.15, -0.1) is 0 Å². The standard InChI is InChI=1S/C9H8FO2/c1-2-6-3-4-7(9(11)12)5-8(6)10/h3-5H,1-2H2,(H,11,12). The van der Waals surface area contributed by atoms with E-state index in [1.165, 1.54) is 12.1 Å². The van der Waals surface area contributed by atoms with Crippen molar-refractivity contribution in [2.45, 2.75) is 6.42 Å². The number of carboxylic acids is 1. The van der Waals surface area contributed by atoms with Crippen LogP contribution < -0.4 is 0 Å². The van der Waals surface area contributed by atoms with Gasteiger partial charge < -0.3 is 5.11 Å². The lowest BCUT2D eigenvalue weighted by molar-refractivity contribution is 0.0696. The zero-order chi connectivity index (χ0) is 9.14. The van der Waals surface area contributed by atoms with Crippen molar-refractivity contribution in [1.82, 2.24) is 0 Å². The normalized spacial score (nSPS) is 9.83. The molecule has 12 heavy (non-hydrogen) atoms. The first-order chi connectivity index (χ1) is 5.65. The molecule has 0 aliphatic heterocycles. The van der Waals surface area contributed by atoms with Gasteiger partial charge in [-0.05, 0) is 31.0 Å². The second-order valence-corrected chi connectivity index (χ2v) is 2.36. The van der Waals surface area contributed by atoms with Gasteiger partial charge in [-0.3, -0.25) is 0 Å². The van der Waals surface area contributed by atoms with E-state index in [0.717, 1.165) is 6.07 Å². The SMILES string of the molecule is [CH2]Cc1ccc(C(=O)O)cc1F. The summed E-state index contributed by atoms with van der Waals surface area (Å²) in [5, 5.41) is 8.49. The minimum absolute atomic E-state index is 0.0373. The Balaban J connectivity index is 3.10. The van der Waals surface area contributed by atoms with Crippen LogP contribution in [0.2, 0.25) is 0 Å². The fourth-order valence-corrected chi connectivity index (χ4v) is 0.883. The molecule has 1 radical (unpaired) electrons. The summed E-state index contributed by atoms with van der Waals surface area (Å²) in [5.41, 5.74) is 0.393.